The van der Waals surface area contributed by atoms with Crippen molar-refractivity contribution in [2.45, 2.75) is 13.0 Å². The molecule has 0 radical (unpaired) electrons. The number of benzene rings is 2. The Morgan fingerprint density at radius 3 is 2.50 bits per heavy atom. The molecule has 1 N–H and O–H groups in total. The average Bonchev–Trinajstić information content (AvgIpc) is 2.98. The van der Waals surface area contributed by atoms with Crippen LogP contribution in [-0.4, -0.2) is 57.8 Å². The Labute approximate surface area is 167 Å². The predicted molar refractivity (Wildman–Crippen MR) is 111 cm³/mol. The van der Waals surface area contributed by atoms with Crippen molar-refractivity contribution in [3.63, 3.8) is 0 Å². The second-order valence-corrected chi connectivity index (χ2v) is 6.94. The van der Waals surface area contributed by atoms with Gasteiger partial charge in [-0.2, -0.15) is 0 Å². The van der Waals surface area contributed by atoms with Gasteiger partial charge in [0.25, 0.3) is 0 Å². The molecule has 1 aliphatic heterocycles. The molecule has 1 fully saturated rings. The lowest BCUT2D eigenvalue weighted by atomic mass is 10.2. The third kappa shape index (κ3) is 5.63. The van der Waals surface area contributed by atoms with Crippen LogP contribution in [0.15, 0.2) is 48.5 Å². The van der Waals surface area contributed by atoms with E-state index in [1.54, 1.807) is 14.2 Å². The molecule has 0 atom stereocenters. The SMILES string of the molecule is COc1ccc(N2CCCN(CC(=O)NCc3cccc(OC)c3)CC2)cc1. The average molecular weight is 383 g/mol. The molecule has 1 amide bonds. The molecule has 1 heterocycles. The van der Waals surface area contributed by atoms with E-state index in [1.807, 2.05) is 36.4 Å². The van der Waals surface area contributed by atoms with Crippen LogP contribution in [0, 0.1) is 0 Å². The lowest BCUT2D eigenvalue weighted by molar-refractivity contribution is -0.122. The van der Waals surface area contributed by atoms with E-state index < -0.39 is 0 Å². The molecule has 0 saturated carbocycles. The number of nitrogens with one attached hydrogen (secondary N) is 1. The van der Waals surface area contributed by atoms with E-state index in [4.69, 9.17) is 9.47 Å². The maximum atomic E-state index is 12.4. The first-order valence-electron chi connectivity index (χ1n) is 9.69. The smallest absolute Gasteiger partial charge is 0.234 e. The van der Waals surface area contributed by atoms with Gasteiger partial charge in [-0.15, -0.1) is 0 Å². The standard InChI is InChI=1S/C22H29N3O3/c1-27-20-9-7-19(8-10-20)25-12-4-11-24(13-14-25)17-22(26)23-16-18-5-3-6-21(15-18)28-2/h3,5-10,15H,4,11-14,16-17H2,1-2H3,(H,23,26). The summed E-state index contributed by atoms with van der Waals surface area (Å²) in [5.41, 5.74) is 2.24. The number of hydrogen-bond acceptors (Lipinski definition) is 5. The van der Waals surface area contributed by atoms with E-state index in [-0.39, 0.29) is 5.91 Å². The molecule has 1 aliphatic rings. The van der Waals surface area contributed by atoms with Crippen LogP contribution in [0.4, 0.5) is 5.69 Å². The van der Waals surface area contributed by atoms with Crippen molar-refractivity contribution in [2.75, 3.05) is 51.8 Å². The highest BCUT2D eigenvalue weighted by atomic mass is 16.5. The van der Waals surface area contributed by atoms with Crippen molar-refractivity contribution in [3.05, 3.63) is 54.1 Å². The third-order valence-electron chi connectivity index (χ3n) is 5.02. The van der Waals surface area contributed by atoms with Crippen molar-refractivity contribution in [2.24, 2.45) is 0 Å². The van der Waals surface area contributed by atoms with Gasteiger partial charge in [0.1, 0.15) is 11.5 Å². The number of methoxy groups -OCH3 is 2. The Bertz CT molecular complexity index is 764. The summed E-state index contributed by atoms with van der Waals surface area (Å²) in [6.07, 6.45) is 1.04. The Hall–Kier alpha value is -2.73. The van der Waals surface area contributed by atoms with Gasteiger partial charge < -0.3 is 19.7 Å². The molecular formula is C22H29N3O3. The zero-order valence-corrected chi connectivity index (χ0v) is 16.7. The summed E-state index contributed by atoms with van der Waals surface area (Å²) in [5, 5.41) is 3.01. The maximum Gasteiger partial charge on any atom is 0.234 e. The van der Waals surface area contributed by atoms with Gasteiger partial charge in [-0.05, 0) is 48.4 Å². The molecule has 0 bridgehead atoms. The van der Waals surface area contributed by atoms with Crippen LogP contribution < -0.4 is 19.7 Å². The zero-order chi connectivity index (χ0) is 19.8. The topological polar surface area (TPSA) is 54.0 Å². The van der Waals surface area contributed by atoms with Crippen molar-refractivity contribution in [3.8, 4) is 11.5 Å². The van der Waals surface area contributed by atoms with Crippen LogP contribution in [-0.2, 0) is 11.3 Å². The molecule has 0 aromatic heterocycles. The second-order valence-electron chi connectivity index (χ2n) is 6.94. The number of carbonyl (C=O) groups is 1. The summed E-state index contributed by atoms with van der Waals surface area (Å²) in [7, 11) is 3.32. The van der Waals surface area contributed by atoms with Crippen LogP contribution in [0.1, 0.15) is 12.0 Å². The van der Waals surface area contributed by atoms with Crippen LogP contribution in [0.25, 0.3) is 0 Å². The highest BCUT2D eigenvalue weighted by molar-refractivity contribution is 5.78. The minimum atomic E-state index is 0.0562. The summed E-state index contributed by atoms with van der Waals surface area (Å²) < 4.78 is 10.5. The van der Waals surface area contributed by atoms with E-state index in [0.717, 1.165) is 49.7 Å². The summed E-state index contributed by atoms with van der Waals surface area (Å²) in [5.74, 6) is 1.73. The Kier molecular flexibility index (Phi) is 7.14. The number of amides is 1. The number of anilines is 1. The molecule has 0 unspecified atom stereocenters. The Morgan fingerprint density at radius 1 is 0.964 bits per heavy atom. The van der Waals surface area contributed by atoms with Gasteiger partial charge in [0, 0.05) is 38.4 Å². The summed E-state index contributed by atoms with van der Waals surface area (Å²) in [6, 6.07) is 15.9. The zero-order valence-electron chi connectivity index (χ0n) is 16.7. The Balaban J connectivity index is 1.46. The highest BCUT2D eigenvalue weighted by Crippen LogP contribution is 2.20. The van der Waals surface area contributed by atoms with Crippen molar-refractivity contribution < 1.29 is 14.3 Å². The fraction of sp³-hybridized carbons (Fsp3) is 0.409. The molecule has 1 saturated heterocycles. The summed E-state index contributed by atoms with van der Waals surface area (Å²) in [4.78, 5) is 17.0. The van der Waals surface area contributed by atoms with Crippen LogP contribution in [0.2, 0.25) is 0 Å². The van der Waals surface area contributed by atoms with Gasteiger partial charge in [0.15, 0.2) is 0 Å². The van der Waals surface area contributed by atoms with E-state index in [0.29, 0.717) is 13.1 Å². The molecule has 0 spiro atoms. The van der Waals surface area contributed by atoms with E-state index in [1.165, 1.54) is 5.69 Å². The quantitative estimate of drug-likeness (QED) is 0.796. The number of carbonyl (C=O) groups excluding carboxylic acids is 1. The van der Waals surface area contributed by atoms with Crippen molar-refractivity contribution >= 4 is 11.6 Å². The molecule has 3 rings (SSSR count). The molecule has 2 aromatic rings. The molecule has 150 valence electrons. The molecule has 0 aliphatic carbocycles. The highest BCUT2D eigenvalue weighted by Gasteiger charge is 2.17. The minimum Gasteiger partial charge on any atom is -0.497 e. The lowest BCUT2D eigenvalue weighted by Gasteiger charge is -2.23. The second kappa shape index (κ2) is 9.99. The Morgan fingerprint density at radius 2 is 1.75 bits per heavy atom. The molecular weight excluding hydrogens is 354 g/mol. The first-order chi connectivity index (χ1) is 13.7. The van der Waals surface area contributed by atoms with E-state index in [9.17, 15) is 4.79 Å². The first-order valence-corrected chi connectivity index (χ1v) is 9.69. The van der Waals surface area contributed by atoms with E-state index in [2.05, 4.69) is 27.2 Å². The monoisotopic (exact) mass is 383 g/mol. The molecule has 6 nitrogen and oxygen atoms in total. The lowest BCUT2D eigenvalue weighted by Crippen LogP contribution is -2.39. The van der Waals surface area contributed by atoms with Gasteiger partial charge in [-0.25, -0.2) is 0 Å². The fourth-order valence-electron chi connectivity index (χ4n) is 3.42. The molecule has 2 aromatic carbocycles. The van der Waals surface area contributed by atoms with Crippen LogP contribution >= 0.6 is 0 Å². The number of nitrogens with zero attached hydrogens (tertiary/aromatic N) is 2. The van der Waals surface area contributed by atoms with Crippen LogP contribution in [0.3, 0.4) is 0 Å². The maximum absolute atomic E-state index is 12.4. The van der Waals surface area contributed by atoms with Gasteiger partial charge in [0.2, 0.25) is 5.91 Å². The number of hydrogen-bond donors (Lipinski definition) is 1. The van der Waals surface area contributed by atoms with Crippen molar-refractivity contribution in [1.82, 2.24) is 10.2 Å². The first kappa shape index (κ1) is 20.0. The largest absolute Gasteiger partial charge is 0.497 e. The van der Waals surface area contributed by atoms with Crippen LogP contribution in [0.5, 0.6) is 11.5 Å². The normalized spacial score (nSPS) is 15.0. The summed E-state index contributed by atoms with van der Waals surface area (Å²) in [6.45, 7) is 4.66. The van der Waals surface area contributed by atoms with Gasteiger partial charge in [-0.3, -0.25) is 9.69 Å². The molecule has 28 heavy (non-hydrogen) atoms. The predicted octanol–water partition coefficient (Wildman–Crippen LogP) is 2.53. The van der Waals surface area contributed by atoms with E-state index >= 15 is 0 Å². The fourth-order valence-corrected chi connectivity index (χ4v) is 3.42. The third-order valence-corrected chi connectivity index (χ3v) is 5.02. The number of ether oxygens (including phenoxy) is 2. The van der Waals surface area contributed by atoms with Gasteiger partial charge in [-0.1, -0.05) is 12.1 Å². The van der Waals surface area contributed by atoms with Gasteiger partial charge >= 0.3 is 0 Å². The minimum absolute atomic E-state index is 0.0562. The number of rotatable bonds is 7. The molecule has 6 heteroatoms. The van der Waals surface area contributed by atoms with Gasteiger partial charge in [0.05, 0.1) is 20.8 Å². The van der Waals surface area contributed by atoms with Crippen molar-refractivity contribution in [1.29, 1.82) is 0 Å². The summed E-state index contributed by atoms with van der Waals surface area (Å²) >= 11 is 0.